The van der Waals surface area contributed by atoms with Gasteiger partial charge in [0.05, 0.1) is 0 Å². The van der Waals surface area contributed by atoms with Crippen LogP contribution in [-0.4, -0.2) is 29.1 Å². The molecule has 0 spiro atoms. The number of amides is 1. The molecule has 0 unspecified atom stereocenters. The highest BCUT2D eigenvalue weighted by Crippen LogP contribution is 2.31. The van der Waals surface area contributed by atoms with Crippen LogP contribution in [0, 0.1) is 0 Å². The number of aliphatic carboxylic acids is 1. The van der Waals surface area contributed by atoms with Crippen molar-refractivity contribution in [2.45, 2.75) is 12.1 Å². The maximum Gasteiger partial charge on any atom is 0.331 e. The Morgan fingerprint density at radius 2 is 1.57 bits per heavy atom. The third-order valence-electron chi connectivity index (χ3n) is 3.34. The van der Waals surface area contributed by atoms with Crippen molar-refractivity contribution in [2.24, 2.45) is 0 Å². The largest absolute Gasteiger partial charge is 0.480 e. The molecule has 1 saturated heterocycles. The number of ether oxygens (including phenoxy) is 1. The van der Waals surface area contributed by atoms with E-state index < -0.39 is 18.1 Å². The van der Waals surface area contributed by atoms with Gasteiger partial charge in [0.15, 0.2) is 6.04 Å². The molecular weight excluding hydrogens is 270 g/mol. The van der Waals surface area contributed by atoms with Gasteiger partial charge < -0.3 is 9.84 Å². The summed E-state index contributed by atoms with van der Waals surface area (Å²) in [5.41, 5.74) is 0.558. The zero-order valence-electron chi connectivity index (χ0n) is 11.0. The van der Waals surface area contributed by atoms with E-state index in [4.69, 9.17) is 4.74 Å². The number of β-lactam (4-membered cyclic amide) rings is 1. The molecule has 1 aliphatic heterocycles. The van der Waals surface area contributed by atoms with Crippen molar-refractivity contribution in [2.75, 3.05) is 4.90 Å². The molecule has 1 fully saturated rings. The molecular formula is C16H13NO4. The van der Waals surface area contributed by atoms with E-state index in [9.17, 15) is 14.7 Å². The van der Waals surface area contributed by atoms with E-state index >= 15 is 0 Å². The second-order valence-corrected chi connectivity index (χ2v) is 4.68. The summed E-state index contributed by atoms with van der Waals surface area (Å²) in [5.74, 6) is -0.952. The minimum atomic E-state index is -1.08. The van der Waals surface area contributed by atoms with Gasteiger partial charge in [-0.3, -0.25) is 9.69 Å². The minimum absolute atomic E-state index is 0.350. The second-order valence-electron chi connectivity index (χ2n) is 4.68. The van der Waals surface area contributed by atoms with Crippen molar-refractivity contribution < 1.29 is 19.4 Å². The van der Waals surface area contributed by atoms with Gasteiger partial charge in [-0.05, 0) is 24.3 Å². The molecule has 0 radical (unpaired) electrons. The summed E-state index contributed by atoms with van der Waals surface area (Å²) < 4.78 is 5.52. The van der Waals surface area contributed by atoms with Gasteiger partial charge >= 0.3 is 5.97 Å². The molecule has 0 saturated carbocycles. The molecule has 0 bridgehead atoms. The molecule has 3 rings (SSSR count). The number of nitrogens with zero attached hydrogens (tertiary/aromatic N) is 1. The first kappa shape index (κ1) is 13.2. The summed E-state index contributed by atoms with van der Waals surface area (Å²) in [4.78, 5) is 24.9. The number of para-hydroxylation sites is 2. The van der Waals surface area contributed by atoms with Gasteiger partial charge in [-0.1, -0.05) is 36.4 Å². The number of carboxylic acids is 1. The Morgan fingerprint density at radius 3 is 2.14 bits per heavy atom. The fourth-order valence-corrected chi connectivity index (χ4v) is 2.34. The van der Waals surface area contributed by atoms with Gasteiger partial charge in [0.1, 0.15) is 5.75 Å². The van der Waals surface area contributed by atoms with E-state index in [0.717, 1.165) is 0 Å². The highest BCUT2D eigenvalue weighted by Gasteiger charge is 2.54. The molecule has 1 N–H and O–H groups in total. The molecule has 5 heteroatoms. The van der Waals surface area contributed by atoms with Crippen LogP contribution in [-0.2, 0) is 9.59 Å². The van der Waals surface area contributed by atoms with E-state index in [-0.39, 0.29) is 5.91 Å². The van der Waals surface area contributed by atoms with Gasteiger partial charge in [0.25, 0.3) is 5.91 Å². The predicted octanol–water partition coefficient (Wildman–Crippen LogP) is 1.93. The van der Waals surface area contributed by atoms with Gasteiger partial charge in [-0.2, -0.15) is 0 Å². The average Bonchev–Trinajstić information content (AvgIpc) is 2.51. The number of benzene rings is 2. The molecule has 0 aromatic heterocycles. The SMILES string of the molecule is O=C(O)[C@H]1[C@H](Oc2ccccc2)C(=O)N1c1ccccc1. The zero-order chi connectivity index (χ0) is 14.8. The highest BCUT2D eigenvalue weighted by atomic mass is 16.5. The first-order valence-corrected chi connectivity index (χ1v) is 6.51. The molecule has 0 aliphatic carbocycles. The van der Waals surface area contributed by atoms with Crippen LogP contribution in [0.5, 0.6) is 5.75 Å². The molecule has 5 nitrogen and oxygen atoms in total. The number of carbonyl (C=O) groups excluding carboxylic acids is 1. The second kappa shape index (κ2) is 5.28. The monoisotopic (exact) mass is 283 g/mol. The molecule has 106 valence electrons. The lowest BCUT2D eigenvalue weighted by atomic mass is 9.96. The van der Waals surface area contributed by atoms with Crippen LogP contribution < -0.4 is 9.64 Å². The van der Waals surface area contributed by atoms with Gasteiger partial charge in [0.2, 0.25) is 6.10 Å². The minimum Gasteiger partial charge on any atom is -0.480 e. The normalized spacial score (nSPS) is 20.8. The number of carboxylic acid groups (broad SMARTS) is 1. The van der Waals surface area contributed by atoms with Crippen molar-refractivity contribution >= 4 is 17.6 Å². The molecule has 21 heavy (non-hydrogen) atoms. The highest BCUT2D eigenvalue weighted by molar-refractivity contribution is 6.12. The topological polar surface area (TPSA) is 66.8 Å². The third kappa shape index (κ3) is 2.33. The predicted molar refractivity (Wildman–Crippen MR) is 76.2 cm³/mol. The molecule has 2 aromatic carbocycles. The molecule has 1 amide bonds. The Kier molecular flexibility index (Phi) is 3.31. The van der Waals surface area contributed by atoms with Crippen LogP contribution in [0.4, 0.5) is 5.69 Å². The number of hydrogen-bond acceptors (Lipinski definition) is 3. The van der Waals surface area contributed by atoms with Crippen molar-refractivity contribution in [1.29, 1.82) is 0 Å². The Bertz CT molecular complexity index is 656. The fraction of sp³-hybridized carbons (Fsp3) is 0.125. The zero-order valence-corrected chi connectivity index (χ0v) is 11.0. The lowest BCUT2D eigenvalue weighted by Gasteiger charge is -2.43. The van der Waals surface area contributed by atoms with Crippen LogP contribution in [0.1, 0.15) is 0 Å². The van der Waals surface area contributed by atoms with Crippen LogP contribution in [0.15, 0.2) is 60.7 Å². The van der Waals surface area contributed by atoms with Crippen LogP contribution in [0.2, 0.25) is 0 Å². The third-order valence-corrected chi connectivity index (χ3v) is 3.34. The Balaban J connectivity index is 1.84. The van der Waals surface area contributed by atoms with E-state index in [1.807, 2.05) is 12.1 Å². The number of rotatable bonds is 4. The van der Waals surface area contributed by atoms with E-state index in [2.05, 4.69) is 0 Å². The van der Waals surface area contributed by atoms with E-state index in [1.165, 1.54) is 4.90 Å². The molecule has 2 aromatic rings. The standard InChI is InChI=1S/C16H13NO4/c18-15-14(21-12-9-5-2-6-10-12)13(16(19)20)17(15)11-7-3-1-4-8-11/h1-10,13-14H,(H,19,20)/t13-,14+/m1/s1. The first-order valence-electron chi connectivity index (χ1n) is 6.51. The van der Waals surface area contributed by atoms with Crippen molar-refractivity contribution in [3.8, 4) is 5.75 Å². The number of hydrogen-bond donors (Lipinski definition) is 1. The lowest BCUT2D eigenvalue weighted by molar-refractivity contribution is -0.152. The Morgan fingerprint density at radius 1 is 1.00 bits per heavy atom. The van der Waals surface area contributed by atoms with Crippen LogP contribution in [0.25, 0.3) is 0 Å². The van der Waals surface area contributed by atoms with Gasteiger partial charge in [0, 0.05) is 5.69 Å². The number of anilines is 1. The fourth-order valence-electron chi connectivity index (χ4n) is 2.34. The molecule has 2 atom stereocenters. The Labute approximate surface area is 121 Å². The average molecular weight is 283 g/mol. The van der Waals surface area contributed by atoms with Gasteiger partial charge in [-0.15, -0.1) is 0 Å². The maximum atomic E-state index is 12.2. The van der Waals surface area contributed by atoms with Crippen molar-refractivity contribution in [3.05, 3.63) is 60.7 Å². The van der Waals surface area contributed by atoms with Crippen molar-refractivity contribution in [3.63, 3.8) is 0 Å². The summed E-state index contributed by atoms with van der Waals surface area (Å²) in [5, 5.41) is 9.36. The molecule has 1 aliphatic rings. The van der Waals surface area contributed by atoms with Crippen molar-refractivity contribution in [1.82, 2.24) is 0 Å². The smallest absolute Gasteiger partial charge is 0.331 e. The summed E-state index contributed by atoms with van der Waals surface area (Å²) in [6, 6.07) is 16.4. The number of carbonyl (C=O) groups is 2. The van der Waals surface area contributed by atoms with Crippen LogP contribution >= 0.6 is 0 Å². The van der Waals surface area contributed by atoms with E-state index in [0.29, 0.717) is 11.4 Å². The lowest BCUT2D eigenvalue weighted by Crippen LogP contribution is -2.70. The molecule has 1 heterocycles. The van der Waals surface area contributed by atoms with E-state index in [1.54, 1.807) is 48.5 Å². The quantitative estimate of drug-likeness (QED) is 0.871. The first-order chi connectivity index (χ1) is 10.2. The summed E-state index contributed by atoms with van der Waals surface area (Å²) >= 11 is 0. The summed E-state index contributed by atoms with van der Waals surface area (Å²) in [6.45, 7) is 0. The Hall–Kier alpha value is -2.82. The van der Waals surface area contributed by atoms with Gasteiger partial charge in [-0.25, -0.2) is 4.79 Å². The summed E-state index contributed by atoms with van der Waals surface area (Å²) in [6.07, 6.45) is -0.995. The van der Waals surface area contributed by atoms with Crippen LogP contribution in [0.3, 0.4) is 0 Å². The summed E-state index contributed by atoms with van der Waals surface area (Å²) in [7, 11) is 0. The maximum absolute atomic E-state index is 12.2.